The maximum absolute atomic E-state index is 4.42. The average Bonchev–Trinajstić information content (AvgIpc) is 2.95. The van der Waals surface area contributed by atoms with Gasteiger partial charge in [-0.3, -0.25) is 0 Å². The van der Waals surface area contributed by atoms with Gasteiger partial charge >= 0.3 is 0 Å². The van der Waals surface area contributed by atoms with Crippen LogP contribution >= 0.6 is 11.3 Å². The van der Waals surface area contributed by atoms with Crippen molar-refractivity contribution in [2.24, 2.45) is 0 Å². The van der Waals surface area contributed by atoms with E-state index in [-0.39, 0.29) is 5.41 Å². The molecule has 0 spiro atoms. The van der Waals surface area contributed by atoms with Crippen LogP contribution in [-0.2, 0) is 12.0 Å². The molecule has 0 amide bonds. The third-order valence-corrected chi connectivity index (χ3v) is 4.00. The summed E-state index contributed by atoms with van der Waals surface area (Å²) in [6.07, 6.45) is 1.95. The number of H-pyrrole nitrogens is 1. The molecule has 0 unspecified atom stereocenters. The molecule has 2 N–H and O–H groups in total. The van der Waals surface area contributed by atoms with Gasteiger partial charge in [-0.2, -0.15) is 4.98 Å². The van der Waals surface area contributed by atoms with Gasteiger partial charge in [0.2, 0.25) is 11.9 Å². The minimum absolute atomic E-state index is 0.153. The number of nitrogens with one attached hydrogen (secondary N) is 2. The molecule has 6 nitrogen and oxygen atoms in total. The minimum Gasteiger partial charge on any atom is -0.348 e. The molecule has 2 aromatic rings. The molecule has 0 aromatic carbocycles. The lowest BCUT2D eigenvalue weighted by Crippen LogP contribution is -2.10. The smallest absolute Gasteiger partial charge is 0.245 e. The molecule has 0 bridgehead atoms. The summed E-state index contributed by atoms with van der Waals surface area (Å²) in [5.74, 6) is 1.33. The van der Waals surface area contributed by atoms with E-state index in [1.807, 2.05) is 25.2 Å². The fraction of sp³-hybridized carbons (Fsp3) is 0.583. The van der Waals surface area contributed by atoms with Gasteiger partial charge in [-0.25, -0.2) is 10.1 Å². The maximum atomic E-state index is 4.42. The van der Waals surface area contributed by atoms with E-state index in [1.54, 1.807) is 11.3 Å². The molecular weight excluding hydrogens is 260 g/mol. The Morgan fingerprint density at radius 3 is 2.63 bits per heavy atom. The molecule has 0 radical (unpaired) electrons. The molecule has 0 saturated heterocycles. The Morgan fingerprint density at radius 1 is 1.37 bits per heavy atom. The molecular formula is C12H20N6S. The van der Waals surface area contributed by atoms with Crippen LogP contribution < -0.4 is 10.2 Å². The summed E-state index contributed by atoms with van der Waals surface area (Å²) >= 11 is 1.73. The third kappa shape index (κ3) is 3.44. The highest BCUT2D eigenvalue weighted by atomic mass is 32.1. The van der Waals surface area contributed by atoms with E-state index >= 15 is 0 Å². The number of aromatic nitrogens is 4. The Labute approximate surface area is 117 Å². The molecule has 19 heavy (non-hydrogen) atoms. The van der Waals surface area contributed by atoms with Crippen molar-refractivity contribution >= 4 is 23.2 Å². The van der Waals surface area contributed by atoms with Gasteiger partial charge in [-0.15, -0.1) is 16.4 Å². The molecule has 0 aliphatic carbocycles. The monoisotopic (exact) mass is 280 g/mol. The van der Waals surface area contributed by atoms with Crippen molar-refractivity contribution in [2.45, 2.75) is 32.7 Å². The topological polar surface area (TPSA) is 69.7 Å². The summed E-state index contributed by atoms with van der Waals surface area (Å²) in [7, 11) is 3.81. The first kappa shape index (κ1) is 13.8. The van der Waals surface area contributed by atoms with Gasteiger partial charge in [0, 0.05) is 25.2 Å². The first-order chi connectivity index (χ1) is 8.86. The lowest BCUT2D eigenvalue weighted by atomic mass is 9.96. The van der Waals surface area contributed by atoms with Crippen molar-refractivity contribution in [1.82, 2.24) is 20.2 Å². The predicted molar refractivity (Wildman–Crippen MR) is 78.9 cm³/mol. The van der Waals surface area contributed by atoms with Crippen LogP contribution in [0.5, 0.6) is 0 Å². The fourth-order valence-electron chi connectivity index (χ4n) is 1.43. The van der Waals surface area contributed by atoms with E-state index in [0.29, 0.717) is 18.4 Å². The Bertz CT molecular complexity index is 536. The standard InChI is InChI=1S/C12H20N6S/c1-12(2,3)8-6-13-9(19-8)7-14-10-15-11(17-16-10)18(4)5/h6H,7H2,1-5H3,(H2,14,15,16,17). The number of anilines is 2. The van der Waals surface area contributed by atoms with Crippen molar-refractivity contribution in [3.8, 4) is 0 Å². The van der Waals surface area contributed by atoms with Gasteiger partial charge in [0.25, 0.3) is 0 Å². The van der Waals surface area contributed by atoms with E-state index in [2.05, 4.69) is 46.3 Å². The van der Waals surface area contributed by atoms with Crippen LogP contribution in [0.1, 0.15) is 30.7 Å². The van der Waals surface area contributed by atoms with Crippen molar-refractivity contribution in [3.63, 3.8) is 0 Å². The molecule has 0 aliphatic rings. The summed E-state index contributed by atoms with van der Waals surface area (Å²) in [5.41, 5.74) is 0.153. The molecule has 0 atom stereocenters. The van der Waals surface area contributed by atoms with Gasteiger partial charge in [-0.05, 0) is 5.41 Å². The average molecular weight is 280 g/mol. The summed E-state index contributed by atoms with van der Waals surface area (Å²) in [5, 5.41) is 11.2. The van der Waals surface area contributed by atoms with Crippen LogP contribution in [-0.4, -0.2) is 34.3 Å². The first-order valence-corrected chi connectivity index (χ1v) is 6.96. The van der Waals surface area contributed by atoms with E-state index < -0.39 is 0 Å². The fourth-order valence-corrected chi connectivity index (χ4v) is 2.35. The van der Waals surface area contributed by atoms with Crippen LogP contribution in [0, 0.1) is 0 Å². The van der Waals surface area contributed by atoms with Crippen LogP contribution in [0.25, 0.3) is 0 Å². The molecule has 104 valence electrons. The Morgan fingerprint density at radius 2 is 2.11 bits per heavy atom. The Balaban J connectivity index is 1.96. The lowest BCUT2D eigenvalue weighted by Gasteiger charge is -2.14. The Kier molecular flexibility index (Phi) is 3.75. The second kappa shape index (κ2) is 5.16. The van der Waals surface area contributed by atoms with Gasteiger partial charge < -0.3 is 10.2 Å². The number of aromatic amines is 1. The van der Waals surface area contributed by atoms with Crippen molar-refractivity contribution in [3.05, 3.63) is 16.1 Å². The van der Waals surface area contributed by atoms with Gasteiger partial charge in [-0.1, -0.05) is 20.8 Å². The molecule has 0 fully saturated rings. The van der Waals surface area contributed by atoms with Crippen molar-refractivity contribution in [2.75, 3.05) is 24.3 Å². The number of thiazole rings is 1. The molecule has 2 aromatic heterocycles. The third-order valence-electron chi connectivity index (χ3n) is 2.57. The predicted octanol–water partition coefficient (Wildman–Crippen LogP) is 2.24. The first-order valence-electron chi connectivity index (χ1n) is 6.15. The zero-order valence-corrected chi connectivity index (χ0v) is 12.8. The van der Waals surface area contributed by atoms with Gasteiger partial charge in [0.1, 0.15) is 5.01 Å². The molecule has 0 aliphatic heterocycles. The van der Waals surface area contributed by atoms with E-state index in [4.69, 9.17) is 0 Å². The number of nitrogens with zero attached hydrogens (tertiary/aromatic N) is 4. The highest BCUT2D eigenvalue weighted by molar-refractivity contribution is 7.11. The normalized spacial score (nSPS) is 11.6. The van der Waals surface area contributed by atoms with Crippen LogP contribution in [0.15, 0.2) is 6.20 Å². The number of rotatable bonds is 4. The zero-order chi connectivity index (χ0) is 14.0. The van der Waals surface area contributed by atoms with Crippen molar-refractivity contribution in [1.29, 1.82) is 0 Å². The highest BCUT2D eigenvalue weighted by Gasteiger charge is 2.17. The summed E-state index contributed by atoms with van der Waals surface area (Å²) < 4.78 is 0. The van der Waals surface area contributed by atoms with E-state index in [9.17, 15) is 0 Å². The van der Waals surface area contributed by atoms with Crippen LogP contribution in [0.2, 0.25) is 0 Å². The second-order valence-electron chi connectivity index (χ2n) is 5.60. The largest absolute Gasteiger partial charge is 0.348 e. The van der Waals surface area contributed by atoms with Gasteiger partial charge in [0.15, 0.2) is 0 Å². The van der Waals surface area contributed by atoms with Crippen molar-refractivity contribution < 1.29 is 0 Å². The summed E-state index contributed by atoms with van der Waals surface area (Å²) in [4.78, 5) is 11.9. The summed E-state index contributed by atoms with van der Waals surface area (Å²) in [6, 6.07) is 0. The zero-order valence-electron chi connectivity index (χ0n) is 12.0. The SMILES string of the molecule is CN(C)c1n[nH]c(NCc2ncc(C(C)(C)C)s2)n1. The number of hydrogen-bond acceptors (Lipinski definition) is 6. The van der Waals surface area contributed by atoms with E-state index in [1.165, 1.54) is 4.88 Å². The minimum atomic E-state index is 0.153. The van der Waals surface area contributed by atoms with Gasteiger partial charge in [0.05, 0.1) is 6.54 Å². The molecule has 2 heterocycles. The highest BCUT2D eigenvalue weighted by Crippen LogP contribution is 2.27. The molecule has 2 rings (SSSR count). The lowest BCUT2D eigenvalue weighted by molar-refractivity contribution is 0.602. The second-order valence-corrected chi connectivity index (χ2v) is 6.72. The van der Waals surface area contributed by atoms with Crippen LogP contribution in [0.4, 0.5) is 11.9 Å². The molecule has 0 saturated carbocycles. The summed E-state index contributed by atoms with van der Waals surface area (Å²) in [6.45, 7) is 7.23. The quantitative estimate of drug-likeness (QED) is 0.899. The maximum Gasteiger partial charge on any atom is 0.245 e. The number of hydrogen-bond donors (Lipinski definition) is 2. The van der Waals surface area contributed by atoms with Crippen LogP contribution in [0.3, 0.4) is 0 Å². The Hall–Kier alpha value is -1.63. The van der Waals surface area contributed by atoms with E-state index in [0.717, 1.165) is 5.01 Å². The molecule has 7 heteroatoms.